The minimum atomic E-state index is -3.74. The van der Waals surface area contributed by atoms with Crippen molar-refractivity contribution in [3.8, 4) is 0 Å². The molecule has 0 unspecified atom stereocenters. The van der Waals surface area contributed by atoms with Crippen LogP contribution in [0.2, 0.25) is 0 Å². The van der Waals surface area contributed by atoms with Gasteiger partial charge in [0.05, 0.1) is 0 Å². The van der Waals surface area contributed by atoms with Crippen molar-refractivity contribution in [1.29, 1.82) is 0 Å². The van der Waals surface area contributed by atoms with E-state index in [9.17, 15) is 13.2 Å². The molecule has 0 bridgehead atoms. The molecule has 1 atom stereocenters. The number of hydrogen-bond donors (Lipinski definition) is 1. The summed E-state index contributed by atoms with van der Waals surface area (Å²) in [5.74, 6) is -0.807. The smallest absolute Gasteiger partial charge is 0.280 e. The van der Waals surface area contributed by atoms with Crippen molar-refractivity contribution in [3.63, 3.8) is 0 Å². The Morgan fingerprint density at radius 2 is 2.32 bits per heavy atom. The van der Waals surface area contributed by atoms with Gasteiger partial charge in [-0.25, -0.2) is 0 Å². The number of nitrogens with zero attached hydrogens (tertiary/aromatic N) is 2. The Kier molecular flexibility index (Phi) is 2.68. The van der Waals surface area contributed by atoms with Crippen molar-refractivity contribution in [2.24, 2.45) is 0 Å². The lowest BCUT2D eigenvalue weighted by Gasteiger charge is -2.20. The van der Waals surface area contributed by atoms with Crippen LogP contribution in [0.1, 0.15) is 9.68 Å². The number of amides is 1. The Morgan fingerprint density at radius 1 is 1.58 bits per heavy atom. The number of likely N-dealkylation sites (N-methyl/N-ethyl adjacent to an activating group) is 2. The lowest BCUT2D eigenvalue weighted by atomic mass is 10.2. The maximum Gasteiger partial charge on any atom is 0.280 e. The third-order valence-corrected chi connectivity index (χ3v) is 4.47. The van der Waals surface area contributed by atoms with E-state index in [-0.39, 0.29) is 12.2 Å². The zero-order chi connectivity index (χ0) is 16.7. The van der Waals surface area contributed by atoms with E-state index in [1.807, 2.05) is 0 Å². The first-order valence-electron chi connectivity index (χ1n) is 7.17. The predicted molar refractivity (Wildman–Crippen MR) is 73.1 cm³/mol. The second kappa shape index (κ2) is 4.92. The molecule has 0 aromatic heterocycles. The fourth-order valence-electron chi connectivity index (χ4n) is 1.84. The van der Waals surface area contributed by atoms with Crippen LogP contribution in [0.25, 0.3) is 0 Å². The van der Waals surface area contributed by atoms with E-state index in [0.29, 0.717) is 4.90 Å². The lowest BCUT2D eigenvalue weighted by molar-refractivity contribution is -0.119. The number of benzene rings is 1. The number of nitrogens with one attached hydrogen (secondary N) is 1. The zero-order valence-corrected chi connectivity index (χ0v) is 11.4. The van der Waals surface area contributed by atoms with Gasteiger partial charge in [0.1, 0.15) is 6.04 Å². The monoisotopic (exact) mass is 286 g/mol. The maximum atomic E-state index is 12.5. The van der Waals surface area contributed by atoms with Gasteiger partial charge in [-0.3, -0.25) is 4.79 Å². The van der Waals surface area contributed by atoms with E-state index in [4.69, 9.17) is 4.11 Å². The Bertz CT molecular complexity index is 690. The molecule has 104 valence electrons. The standard InChI is InChI=1S/C12H17N3O3S/c1-9-5-4-6-10(7-9)15(3)12(16)11-8-14(2)19(17,18)13-11/h4-7,11,13H,8H2,1-3H3/t11-/m0/s1/i3D3. The van der Waals surface area contributed by atoms with Crippen molar-refractivity contribution < 1.29 is 17.3 Å². The molecule has 1 N–H and O–H groups in total. The van der Waals surface area contributed by atoms with Gasteiger partial charge in [-0.05, 0) is 24.6 Å². The Morgan fingerprint density at radius 3 is 2.84 bits per heavy atom. The number of rotatable bonds is 2. The fourth-order valence-corrected chi connectivity index (χ4v) is 2.90. The van der Waals surface area contributed by atoms with Crippen LogP contribution >= 0.6 is 0 Å². The third-order valence-electron chi connectivity index (χ3n) is 2.92. The molecule has 1 fully saturated rings. The summed E-state index contributed by atoms with van der Waals surface area (Å²) >= 11 is 0. The Labute approximate surface area is 117 Å². The summed E-state index contributed by atoms with van der Waals surface area (Å²) in [4.78, 5) is 13.2. The van der Waals surface area contributed by atoms with E-state index in [1.54, 1.807) is 25.1 Å². The molecule has 19 heavy (non-hydrogen) atoms. The summed E-state index contributed by atoms with van der Waals surface area (Å²) in [5.41, 5.74) is 1.00. The molecule has 1 aliphatic rings. The van der Waals surface area contributed by atoms with E-state index < -0.39 is 29.1 Å². The molecule has 7 heteroatoms. The van der Waals surface area contributed by atoms with Gasteiger partial charge in [-0.15, -0.1) is 0 Å². The predicted octanol–water partition coefficient (Wildman–Crippen LogP) is 0.106. The number of hydrogen-bond acceptors (Lipinski definition) is 3. The fraction of sp³-hybridized carbons (Fsp3) is 0.417. The van der Waals surface area contributed by atoms with Crippen molar-refractivity contribution in [2.75, 3.05) is 25.5 Å². The van der Waals surface area contributed by atoms with Gasteiger partial charge in [0.2, 0.25) is 5.91 Å². The minimum Gasteiger partial charge on any atom is -0.314 e. The number of carbonyl (C=O) groups excluding carboxylic acids is 1. The first kappa shape index (κ1) is 10.4. The highest BCUT2D eigenvalue weighted by Gasteiger charge is 2.38. The van der Waals surface area contributed by atoms with Gasteiger partial charge < -0.3 is 4.90 Å². The van der Waals surface area contributed by atoms with Gasteiger partial charge >= 0.3 is 0 Å². The summed E-state index contributed by atoms with van der Waals surface area (Å²) in [7, 11) is -2.42. The molecule has 1 aromatic rings. The highest BCUT2D eigenvalue weighted by molar-refractivity contribution is 7.87. The first-order chi connectivity index (χ1) is 10.0. The number of anilines is 1. The van der Waals surface area contributed by atoms with E-state index in [0.717, 1.165) is 9.87 Å². The Hall–Kier alpha value is -1.44. The molecule has 0 saturated carbocycles. The summed E-state index contributed by atoms with van der Waals surface area (Å²) in [6, 6.07) is 5.36. The van der Waals surface area contributed by atoms with Gasteiger partial charge in [0.25, 0.3) is 10.2 Å². The molecule has 1 aromatic carbocycles. The van der Waals surface area contributed by atoms with Crippen LogP contribution in [0.15, 0.2) is 24.3 Å². The van der Waals surface area contributed by atoms with Crippen LogP contribution in [-0.4, -0.2) is 45.2 Å². The first-order valence-corrected chi connectivity index (χ1v) is 7.11. The molecular weight excluding hydrogens is 266 g/mol. The quantitative estimate of drug-likeness (QED) is 0.838. The number of carbonyl (C=O) groups is 1. The largest absolute Gasteiger partial charge is 0.314 e. The molecule has 0 aliphatic carbocycles. The van der Waals surface area contributed by atoms with Gasteiger partial charge in [-0.1, -0.05) is 12.1 Å². The van der Waals surface area contributed by atoms with Gasteiger partial charge in [0.15, 0.2) is 0 Å². The average Bonchev–Trinajstić information content (AvgIpc) is 2.62. The zero-order valence-electron chi connectivity index (χ0n) is 13.6. The van der Waals surface area contributed by atoms with Gasteiger partial charge in [0, 0.05) is 30.4 Å². The maximum absolute atomic E-state index is 12.5. The molecule has 1 saturated heterocycles. The molecule has 2 rings (SSSR count). The van der Waals surface area contributed by atoms with Crippen LogP contribution in [-0.2, 0) is 15.0 Å². The minimum absolute atomic E-state index is 0.112. The SMILES string of the molecule is [2H]C([2H])([2H])N(C(=O)[C@@H]1CN(C)S(=O)(=O)N1)c1cccc(C)c1. The van der Waals surface area contributed by atoms with Crippen molar-refractivity contribution in [1.82, 2.24) is 9.03 Å². The topological polar surface area (TPSA) is 69.7 Å². The second-order valence-corrected chi connectivity index (χ2v) is 6.28. The van der Waals surface area contributed by atoms with E-state index >= 15 is 0 Å². The highest BCUT2D eigenvalue weighted by Crippen LogP contribution is 2.17. The van der Waals surface area contributed by atoms with E-state index in [1.165, 1.54) is 13.1 Å². The molecule has 0 radical (unpaired) electrons. The summed E-state index contributed by atoms with van der Waals surface area (Å²) in [6.07, 6.45) is 0. The summed E-state index contributed by atoms with van der Waals surface area (Å²) in [5, 5.41) is 0. The van der Waals surface area contributed by atoms with Crippen LogP contribution in [0.5, 0.6) is 0 Å². The molecule has 1 aliphatic heterocycles. The average molecular weight is 286 g/mol. The summed E-state index contributed by atoms with van der Waals surface area (Å²) in [6.45, 7) is -1.05. The Balaban J connectivity index is 2.38. The number of aryl methyl sites for hydroxylation is 1. The summed E-state index contributed by atoms with van der Waals surface area (Å²) < 4.78 is 49.2. The molecular formula is C12H17N3O3S. The van der Waals surface area contributed by atoms with Crippen LogP contribution in [0, 0.1) is 6.92 Å². The molecule has 1 amide bonds. The van der Waals surface area contributed by atoms with Crippen LogP contribution in [0.3, 0.4) is 0 Å². The van der Waals surface area contributed by atoms with E-state index in [2.05, 4.69) is 4.72 Å². The van der Waals surface area contributed by atoms with Crippen molar-refractivity contribution >= 4 is 21.8 Å². The molecule has 1 heterocycles. The lowest BCUT2D eigenvalue weighted by Crippen LogP contribution is -2.44. The normalized spacial score (nSPS) is 25.4. The van der Waals surface area contributed by atoms with Crippen molar-refractivity contribution in [2.45, 2.75) is 13.0 Å². The van der Waals surface area contributed by atoms with Gasteiger partial charge in [-0.2, -0.15) is 17.4 Å². The van der Waals surface area contributed by atoms with Crippen LogP contribution in [0.4, 0.5) is 5.69 Å². The second-order valence-electron chi connectivity index (χ2n) is 4.47. The highest BCUT2D eigenvalue weighted by atomic mass is 32.2. The van der Waals surface area contributed by atoms with Crippen molar-refractivity contribution in [3.05, 3.63) is 29.8 Å². The third kappa shape index (κ3) is 2.78. The molecule has 6 nitrogen and oxygen atoms in total. The molecule has 0 spiro atoms. The van der Waals surface area contributed by atoms with Crippen LogP contribution < -0.4 is 9.62 Å².